The molecule has 3 aliphatic carbocycles. The Balaban J connectivity index is 1.16. The fourth-order valence-electron chi connectivity index (χ4n) is 8.10. The lowest BCUT2D eigenvalue weighted by atomic mass is 9.54. The topological polar surface area (TPSA) is 36.9 Å². The average Bonchev–Trinajstić information content (AvgIpc) is 3.24. The zero-order chi connectivity index (χ0) is 22.3. The molecular weight excluding hydrogens is 412 g/mol. The van der Waals surface area contributed by atoms with Gasteiger partial charge in [-0.1, -0.05) is 19.4 Å². The van der Waals surface area contributed by atoms with Crippen LogP contribution >= 0.6 is 0 Å². The molecule has 5 aliphatic rings. The first-order valence-electron chi connectivity index (χ1n) is 13.9. The van der Waals surface area contributed by atoms with Crippen molar-refractivity contribution in [3.05, 3.63) is 29.3 Å². The van der Waals surface area contributed by atoms with Gasteiger partial charge in [0.2, 0.25) is 0 Å². The summed E-state index contributed by atoms with van der Waals surface area (Å²) in [6.07, 6.45) is 16.3. The van der Waals surface area contributed by atoms with Gasteiger partial charge in [-0.2, -0.15) is 0 Å². The standard InChI is InChI=1S/C29H42O4/c1-2-29-14-13-24-23-12-10-21(32-27-7-3-5-15-30-27)17-20(23)9-11-25(24)26(29)18-22(19-29)33-28-8-4-6-16-31-28/h10,12,17,22,24-28H,2-9,11,13-16,18-19H2,1H3/t22-,24-,25-,26+,27?,28?,29-/m1/s1. The normalized spacial score (nSPS) is 40.5. The number of aryl methyl sites for hydroxylation is 1. The molecule has 7 atom stereocenters. The van der Waals surface area contributed by atoms with E-state index in [1.54, 1.807) is 5.56 Å². The van der Waals surface area contributed by atoms with E-state index in [0.717, 1.165) is 50.1 Å². The summed E-state index contributed by atoms with van der Waals surface area (Å²) in [4.78, 5) is 0. The number of rotatable bonds is 5. The second kappa shape index (κ2) is 9.51. The molecule has 2 saturated carbocycles. The first-order chi connectivity index (χ1) is 16.2. The van der Waals surface area contributed by atoms with Crippen molar-refractivity contribution in [2.75, 3.05) is 13.2 Å². The first kappa shape index (κ1) is 22.4. The number of hydrogen-bond acceptors (Lipinski definition) is 4. The molecule has 0 radical (unpaired) electrons. The third-order valence-electron chi connectivity index (χ3n) is 9.78. The highest BCUT2D eigenvalue weighted by Gasteiger charge is 2.55. The molecule has 0 amide bonds. The monoisotopic (exact) mass is 454 g/mol. The first-order valence-corrected chi connectivity index (χ1v) is 13.9. The molecule has 1 aromatic carbocycles. The van der Waals surface area contributed by atoms with Crippen LogP contribution in [-0.2, 0) is 20.6 Å². The summed E-state index contributed by atoms with van der Waals surface area (Å²) >= 11 is 0. The van der Waals surface area contributed by atoms with Crippen molar-refractivity contribution < 1.29 is 18.9 Å². The van der Waals surface area contributed by atoms with Crippen molar-refractivity contribution in [2.45, 2.75) is 115 Å². The Bertz CT molecular complexity index is 812. The lowest BCUT2D eigenvalue weighted by Gasteiger charge is -2.50. The van der Waals surface area contributed by atoms with E-state index in [2.05, 4.69) is 25.1 Å². The Morgan fingerprint density at radius 1 is 0.970 bits per heavy atom. The van der Waals surface area contributed by atoms with Gasteiger partial charge in [0.05, 0.1) is 12.7 Å². The molecule has 2 unspecified atom stereocenters. The SMILES string of the molecule is CC[C@]12CC[C@@H]3c4ccc(OC5CCCCO5)cc4CC[C@H]3[C@@H]1C[C@@H](OC1CCCCO1)C2. The molecular formula is C29H42O4. The highest BCUT2D eigenvalue weighted by atomic mass is 16.7. The van der Waals surface area contributed by atoms with E-state index in [4.69, 9.17) is 18.9 Å². The van der Waals surface area contributed by atoms with Gasteiger partial charge in [-0.15, -0.1) is 0 Å². The highest BCUT2D eigenvalue weighted by Crippen LogP contribution is 2.63. The van der Waals surface area contributed by atoms with E-state index in [0.29, 0.717) is 17.4 Å². The van der Waals surface area contributed by atoms with Crippen molar-refractivity contribution in [2.24, 2.45) is 17.3 Å². The molecule has 0 spiro atoms. The second-order valence-corrected chi connectivity index (χ2v) is 11.4. The smallest absolute Gasteiger partial charge is 0.199 e. The minimum atomic E-state index is -0.0587. The lowest BCUT2D eigenvalue weighted by Crippen LogP contribution is -2.40. The molecule has 6 rings (SSSR count). The van der Waals surface area contributed by atoms with E-state index in [1.807, 2.05) is 0 Å². The Morgan fingerprint density at radius 3 is 2.55 bits per heavy atom. The van der Waals surface area contributed by atoms with Gasteiger partial charge in [0.1, 0.15) is 5.75 Å². The van der Waals surface area contributed by atoms with Crippen molar-refractivity contribution >= 4 is 0 Å². The van der Waals surface area contributed by atoms with Crippen LogP contribution < -0.4 is 4.74 Å². The summed E-state index contributed by atoms with van der Waals surface area (Å²) < 4.78 is 24.5. The van der Waals surface area contributed by atoms with Crippen LogP contribution in [0.2, 0.25) is 0 Å². The molecule has 2 heterocycles. The summed E-state index contributed by atoms with van der Waals surface area (Å²) in [5.74, 6) is 3.32. The van der Waals surface area contributed by atoms with E-state index < -0.39 is 0 Å². The van der Waals surface area contributed by atoms with Gasteiger partial charge in [0.25, 0.3) is 0 Å². The molecule has 1 aromatic rings. The van der Waals surface area contributed by atoms with Crippen LogP contribution in [0.3, 0.4) is 0 Å². The van der Waals surface area contributed by atoms with Gasteiger partial charge in [-0.25, -0.2) is 0 Å². The Hall–Kier alpha value is -1.10. The van der Waals surface area contributed by atoms with Crippen molar-refractivity contribution in [3.8, 4) is 5.75 Å². The van der Waals surface area contributed by atoms with Crippen molar-refractivity contribution in [1.82, 2.24) is 0 Å². The quantitative estimate of drug-likeness (QED) is 0.493. The molecule has 0 N–H and O–H groups in total. The van der Waals surface area contributed by atoms with Crippen LogP contribution in [0, 0.1) is 17.3 Å². The molecule has 4 fully saturated rings. The summed E-state index contributed by atoms with van der Waals surface area (Å²) in [6, 6.07) is 6.93. The van der Waals surface area contributed by atoms with Crippen LogP contribution in [0.5, 0.6) is 5.75 Å². The van der Waals surface area contributed by atoms with Crippen LogP contribution in [-0.4, -0.2) is 31.9 Å². The zero-order valence-electron chi connectivity index (χ0n) is 20.4. The lowest BCUT2D eigenvalue weighted by molar-refractivity contribution is -0.188. The van der Waals surface area contributed by atoms with Gasteiger partial charge in [0, 0.05) is 13.0 Å². The van der Waals surface area contributed by atoms with Crippen LogP contribution in [0.1, 0.15) is 101 Å². The number of fused-ring (bicyclic) bond motifs is 5. The number of benzene rings is 1. The molecule has 0 bridgehead atoms. The fraction of sp³-hybridized carbons (Fsp3) is 0.793. The maximum Gasteiger partial charge on any atom is 0.199 e. The maximum absolute atomic E-state index is 6.56. The summed E-state index contributed by atoms with van der Waals surface area (Å²) in [5, 5.41) is 0. The second-order valence-electron chi connectivity index (χ2n) is 11.4. The molecule has 4 heteroatoms. The third kappa shape index (κ3) is 4.36. The summed E-state index contributed by atoms with van der Waals surface area (Å²) in [6.45, 7) is 4.14. The van der Waals surface area contributed by atoms with Gasteiger partial charge >= 0.3 is 0 Å². The average molecular weight is 455 g/mol. The maximum atomic E-state index is 6.56. The Labute approximate surface area is 199 Å². The van der Waals surface area contributed by atoms with Gasteiger partial charge < -0.3 is 18.9 Å². The minimum absolute atomic E-state index is 0.0484. The largest absolute Gasteiger partial charge is 0.465 e. The molecule has 4 nitrogen and oxygen atoms in total. The van der Waals surface area contributed by atoms with Gasteiger partial charge in [-0.3, -0.25) is 0 Å². The van der Waals surface area contributed by atoms with E-state index in [9.17, 15) is 0 Å². The molecule has 33 heavy (non-hydrogen) atoms. The van der Waals surface area contributed by atoms with Crippen molar-refractivity contribution in [1.29, 1.82) is 0 Å². The minimum Gasteiger partial charge on any atom is -0.465 e. The predicted octanol–water partition coefficient (Wildman–Crippen LogP) is 6.75. The predicted molar refractivity (Wildman–Crippen MR) is 128 cm³/mol. The Kier molecular flexibility index (Phi) is 6.45. The molecule has 0 aromatic heterocycles. The summed E-state index contributed by atoms with van der Waals surface area (Å²) in [7, 11) is 0. The van der Waals surface area contributed by atoms with E-state index in [-0.39, 0.29) is 12.6 Å². The van der Waals surface area contributed by atoms with Crippen LogP contribution in [0.4, 0.5) is 0 Å². The van der Waals surface area contributed by atoms with Gasteiger partial charge in [-0.05, 0) is 117 Å². The van der Waals surface area contributed by atoms with Crippen molar-refractivity contribution in [3.63, 3.8) is 0 Å². The van der Waals surface area contributed by atoms with E-state index >= 15 is 0 Å². The van der Waals surface area contributed by atoms with Gasteiger partial charge in [0.15, 0.2) is 12.6 Å². The van der Waals surface area contributed by atoms with E-state index in [1.165, 1.54) is 69.8 Å². The van der Waals surface area contributed by atoms with Crippen LogP contribution in [0.15, 0.2) is 18.2 Å². The number of ether oxygens (including phenoxy) is 4. The Morgan fingerprint density at radius 2 is 1.79 bits per heavy atom. The molecule has 2 aliphatic heterocycles. The molecule has 2 saturated heterocycles. The highest BCUT2D eigenvalue weighted by molar-refractivity contribution is 5.40. The zero-order valence-corrected chi connectivity index (χ0v) is 20.4. The third-order valence-corrected chi connectivity index (χ3v) is 9.78. The van der Waals surface area contributed by atoms with Crippen LogP contribution in [0.25, 0.3) is 0 Å². The fourth-order valence-corrected chi connectivity index (χ4v) is 8.10. The molecule has 182 valence electrons. The summed E-state index contributed by atoms with van der Waals surface area (Å²) in [5.41, 5.74) is 3.61. The number of hydrogen-bond donors (Lipinski definition) is 0.